The summed E-state index contributed by atoms with van der Waals surface area (Å²) < 4.78 is 1.51. The number of aromatic carboxylic acids is 1. The van der Waals surface area contributed by atoms with Crippen LogP contribution in [-0.4, -0.2) is 68.6 Å². The first-order valence-electron chi connectivity index (χ1n) is 6.18. The Morgan fingerprint density at radius 3 is 2.74 bits per heavy atom. The van der Waals surface area contributed by atoms with Gasteiger partial charge in [-0.2, -0.15) is 0 Å². The van der Waals surface area contributed by atoms with Crippen LogP contribution in [0.15, 0.2) is 6.20 Å². The fraction of sp³-hybridized carbons (Fsp3) is 0.636. The van der Waals surface area contributed by atoms with Crippen LogP contribution in [0.2, 0.25) is 0 Å². The van der Waals surface area contributed by atoms with Crippen molar-refractivity contribution in [2.24, 2.45) is 0 Å². The number of carboxylic acids is 1. The number of carbonyl (C=O) groups excluding carboxylic acids is 1. The Bertz CT molecular complexity index is 480. The van der Waals surface area contributed by atoms with E-state index in [0.717, 1.165) is 13.0 Å². The van der Waals surface area contributed by atoms with Gasteiger partial charge >= 0.3 is 12.0 Å². The summed E-state index contributed by atoms with van der Waals surface area (Å²) in [5, 5.41) is 16.1. The molecule has 19 heavy (non-hydrogen) atoms. The van der Waals surface area contributed by atoms with Crippen molar-refractivity contribution in [3.05, 3.63) is 11.9 Å². The zero-order valence-corrected chi connectivity index (χ0v) is 11.0. The number of urea groups is 1. The van der Waals surface area contributed by atoms with Gasteiger partial charge in [0.15, 0.2) is 5.69 Å². The largest absolute Gasteiger partial charge is 0.476 e. The smallest absolute Gasteiger partial charge is 0.358 e. The van der Waals surface area contributed by atoms with E-state index in [1.807, 2.05) is 6.92 Å². The Labute approximate surface area is 110 Å². The maximum atomic E-state index is 11.9. The zero-order valence-electron chi connectivity index (χ0n) is 11.0. The van der Waals surface area contributed by atoms with Crippen molar-refractivity contribution in [2.75, 3.05) is 26.7 Å². The lowest BCUT2D eigenvalue weighted by atomic mass is 10.1. The third kappa shape index (κ3) is 2.67. The van der Waals surface area contributed by atoms with Gasteiger partial charge in [-0.3, -0.25) is 0 Å². The van der Waals surface area contributed by atoms with Crippen molar-refractivity contribution < 1.29 is 14.7 Å². The molecule has 0 unspecified atom stereocenters. The molecule has 2 amide bonds. The first-order valence-corrected chi connectivity index (χ1v) is 6.18. The third-order valence-electron chi connectivity index (χ3n) is 3.12. The first kappa shape index (κ1) is 13.3. The molecule has 0 radical (unpaired) electrons. The van der Waals surface area contributed by atoms with Crippen LogP contribution in [-0.2, 0) is 0 Å². The number of rotatable bonds is 4. The van der Waals surface area contributed by atoms with Gasteiger partial charge in [0, 0.05) is 26.7 Å². The van der Waals surface area contributed by atoms with Gasteiger partial charge in [-0.05, 0) is 6.42 Å². The number of aromatic nitrogens is 3. The highest BCUT2D eigenvalue weighted by atomic mass is 16.4. The van der Waals surface area contributed by atoms with E-state index in [1.165, 1.54) is 10.9 Å². The van der Waals surface area contributed by atoms with Crippen LogP contribution in [0, 0.1) is 0 Å². The van der Waals surface area contributed by atoms with E-state index in [-0.39, 0.29) is 17.8 Å². The summed E-state index contributed by atoms with van der Waals surface area (Å²) in [4.78, 5) is 26.0. The maximum Gasteiger partial charge on any atom is 0.358 e. The average molecular weight is 267 g/mol. The molecule has 8 heteroatoms. The Morgan fingerprint density at radius 2 is 2.21 bits per heavy atom. The Kier molecular flexibility index (Phi) is 3.68. The molecule has 1 saturated heterocycles. The molecule has 8 nitrogen and oxygen atoms in total. The second-order valence-electron chi connectivity index (χ2n) is 4.65. The summed E-state index contributed by atoms with van der Waals surface area (Å²) in [5.74, 6) is -1.10. The molecule has 104 valence electrons. The highest BCUT2D eigenvalue weighted by molar-refractivity contribution is 5.84. The van der Waals surface area contributed by atoms with E-state index >= 15 is 0 Å². The molecule has 1 N–H and O–H groups in total. The van der Waals surface area contributed by atoms with E-state index in [2.05, 4.69) is 10.3 Å². The fourth-order valence-corrected chi connectivity index (χ4v) is 2.00. The predicted molar refractivity (Wildman–Crippen MR) is 65.9 cm³/mol. The molecule has 0 atom stereocenters. The second-order valence-corrected chi connectivity index (χ2v) is 4.65. The normalized spacial score (nSPS) is 15.2. The highest BCUT2D eigenvalue weighted by Crippen LogP contribution is 2.21. The molecular formula is C11H17N5O3. The lowest BCUT2D eigenvalue weighted by Crippen LogP contribution is -2.54. The number of carboxylic acid groups (broad SMARTS) is 1. The van der Waals surface area contributed by atoms with Gasteiger partial charge in [-0.25, -0.2) is 14.3 Å². The van der Waals surface area contributed by atoms with Crippen LogP contribution in [0.4, 0.5) is 4.79 Å². The molecule has 1 aliphatic rings. The van der Waals surface area contributed by atoms with Crippen molar-refractivity contribution in [2.45, 2.75) is 19.4 Å². The van der Waals surface area contributed by atoms with Gasteiger partial charge in [-0.1, -0.05) is 12.1 Å². The van der Waals surface area contributed by atoms with Gasteiger partial charge in [0.2, 0.25) is 0 Å². The van der Waals surface area contributed by atoms with Crippen molar-refractivity contribution in [3.8, 4) is 0 Å². The van der Waals surface area contributed by atoms with Gasteiger partial charge in [0.05, 0.1) is 12.2 Å². The van der Waals surface area contributed by atoms with Crippen molar-refractivity contribution in [1.82, 2.24) is 24.8 Å². The minimum Gasteiger partial charge on any atom is -0.476 e. The molecule has 1 aromatic heterocycles. The van der Waals surface area contributed by atoms with Crippen molar-refractivity contribution >= 4 is 12.0 Å². The van der Waals surface area contributed by atoms with E-state index in [1.54, 1.807) is 16.8 Å². The van der Waals surface area contributed by atoms with Gasteiger partial charge in [0.1, 0.15) is 0 Å². The number of likely N-dealkylation sites (tertiary alicyclic amines) is 1. The van der Waals surface area contributed by atoms with E-state index in [0.29, 0.717) is 13.1 Å². The van der Waals surface area contributed by atoms with Crippen LogP contribution in [0.5, 0.6) is 0 Å². The number of nitrogens with zero attached hydrogens (tertiary/aromatic N) is 5. The SMILES string of the molecule is CCCN(C)C(=O)N1CC(n2cc(C(=O)O)nn2)C1. The van der Waals surface area contributed by atoms with E-state index < -0.39 is 5.97 Å². The Hall–Kier alpha value is -2.12. The standard InChI is InChI=1S/C11H17N5O3/c1-3-4-14(2)11(19)15-5-8(6-15)16-7-9(10(17)18)12-13-16/h7-8H,3-6H2,1-2H3,(H,17,18). The molecule has 0 spiro atoms. The topological polar surface area (TPSA) is 91.6 Å². The number of hydrogen-bond donors (Lipinski definition) is 1. The third-order valence-corrected chi connectivity index (χ3v) is 3.12. The summed E-state index contributed by atoms with van der Waals surface area (Å²) in [6, 6.07) is 0.0104. The average Bonchev–Trinajstić information content (AvgIpc) is 2.76. The second kappa shape index (κ2) is 5.25. The molecule has 1 fully saturated rings. The minimum atomic E-state index is -1.10. The van der Waals surface area contributed by atoms with Crippen LogP contribution < -0.4 is 0 Å². The maximum absolute atomic E-state index is 11.9. The van der Waals surface area contributed by atoms with Gasteiger partial charge < -0.3 is 14.9 Å². The van der Waals surface area contributed by atoms with E-state index in [9.17, 15) is 9.59 Å². The Balaban J connectivity index is 1.88. The quantitative estimate of drug-likeness (QED) is 0.846. The molecule has 2 heterocycles. The molecule has 2 rings (SSSR count). The highest BCUT2D eigenvalue weighted by Gasteiger charge is 2.34. The molecule has 0 aliphatic carbocycles. The summed E-state index contributed by atoms with van der Waals surface area (Å²) >= 11 is 0. The summed E-state index contributed by atoms with van der Waals surface area (Å²) in [6.45, 7) is 3.82. The predicted octanol–water partition coefficient (Wildman–Crippen LogP) is 0.295. The lowest BCUT2D eigenvalue weighted by molar-refractivity contribution is 0.0689. The van der Waals surface area contributed by atoms with E-state index in [4.69, 9.17) is 5.11 Å². The number of amides is 2. The zero-order chi connectivity index (χ0) is 14.0. The molecule has 0 saturated carbocycles. The van der Waals surface area contributed by atoms with Crippen LogP contribution in [0.3, 0.4) is 0 Å². The van der Waals surface area contributed by atoms with Crippen LogP contribution in [0.1, 0.15) is 29.9 Å². The molecule has 0 aromatic carbocycles. The summed E-state index contributed by atoms with van der Waals surface area (Å²) in [5.41, 5.74) is -0.0760. The summed E-state index contributed by atoms with van der Waals surface area (Å²) in [7, 11) is 1.77. The van der Waals surface area contributed by atoms with Gasteiger partial charge in [0.25, 0.3) is 0 Å². The molecular weight excluding hydrogens is 250 g/mol. The van der Waals surface area contributed by atoms with Crippen molar-refractivity contribution in [1.29, 1.82) is 0 Å². The molecule has 0 bridgehead atoms. The lowest BCUT2D eigenvalue weighted by Gasteiger charge is -2.40. The molecule has 1 aromatic rings. The fourth-order valence-electron chi connectivity index (χ4n) is 2.00. The summed E-state index contributed by atoms with van der Waals surface area (Å²) in [6.07, 6.45) is 2.31. The van der Waals surface area contributed by atoms with Crippen LogP contribution >= 0.6 is 0 Å². The number of hydrogen-bond acceptors (Lipinski definition) is 4. The van der Waals surface area contributed by atoms with Crippen LogP contribution in [0.25, 0.3) is 0 Å². The Morgan fingerprint density at radius 1 is 1.53 bits per heavy atom. The molecule has 1 aliphatic heterocycles. The minimum absolute atomic E-state index is 0.00308. The monoisotopic (exact) mass is 267 g/mol. The number of carbonyl (C=O) groups is 2. The van der Waals surface area contributed by atoms with Gasteiger partial charge in [-0.15, -0.1) is 5.10 Å². The first-order chi connectivity index (χ1) is 9.02. The van der Waals surface area contributed by atoms with Crippen molar-refractivity contribution in [3.63, 3.8) is 0 Å².